The summed E-state index contributed by atoms with van der Waals surface area (Å²) in [5, 5.41) is 10.6. The third-order valence-corrected chi connectivity index (χ3v) is 19.7. The number of aliphatic hydroxyl groups excluding tert-OH is 1. The van der Waals surface area contributed by atoms with Gasteiger partial charge in [-0.1, -0.05) is 346 Å². The Labute approximate surface area is 610 Å². The van der Waals surface area contributed by atoms with Gasteiger partial charge in [0.25, 0.3) is 0 Å². The number of carbonyl (C=O) groups excluding carboxylic acids is 4. The molecule has 0 aliphatic heterocycles. The maximum absolute atomic E-state index is 13.1. The van der Waals surface area contributed by atoms with E-state index in [4.69, 9.17) is 37.0 Å². The van der Waals surface area contributed by atoms with Crippen molar-refractivity contribution in [3.8, 4) is 0 Å². The molecular weight excluding hydrogens is 1310 g/mol. The Hall–Kier alpha value is -2.98. The molecule has 17 nitrogen and oxygen atoms in total. The van der Waals surface area contributed by atoms with E-state index in [9.17, 15) is 43.2 Å². The van der Waals surface area contributed by atoms with E-state index in [2.05, 4.69) is 64.2 Å². The van der Waals surface area contributed by atoms with Crippen molar-refractivity contribution in [3.63, 3.8) is 0 Å². The monoisotopic (exact) mass is 1460 g/mol. The highest BCUT2D eigenvalue weighted by Gasteiger charge is 2.30. The second-order valence-electron chi connectivity index (χ2n) is 27.7. The molecule has 0 saturated carbocycles. The summed E-state index contributed by atoms with van der Waals surface area (Å²) in [6.45, 7) is 4.88. The zero-order chi connectivity index (χ0) is 73.2. The summed E-state index contributed by atoms with van der Waals surface area (Å²) >= 11 is 0. The number of phosphoric ester groups is 2. The molecule has 0 aliphatic carbocycles. The first-order chi connectivity index (χ1) is 48.7. The topological polar surface area (TPSA) is 237 Å². The molecule has 5 atom stereocenters. The van der Waals surface area contributed by atoms with E-state index in [1.807, 2.05) is 12.2 Å². The lowest BCUT2D eigenvalue weighted by atomic mass is 10.0. The molecule has 2 unspecified atom stereocenters. The summed E-state index contributed by atoms with van der Waals surface area (Å²) in [5.74, 6) is -2.19. The van der Waals surface area contributed by atoms with E-state index < -0.39 is 97.5 Å². The molecule has 19 heteroatoms. The molecule has 0 saturated heterocycles. The van der Waals surface area contributed by atoms with Crippen LogP contribution in [0, 0.1) is 0 Å². The summed E-state index contributed by atoms with van der Waals surface area (Å²) in [6.07, 6.45) is 72.3. The van der Waals surface area contributed by atoms with Crippen LogP contribution in [0.2, 0.25) is 0 Å². The van der Waals surface area contributed by atoms with Crippen LogP contribution in [0.3, 0.4) is 0 Å². The number of phosphoric acid groups is 2. The molecule has 0 spiro atoms. The quantitative estimate of drug-likeness (QED) is 0.0169. The van der Waals surface area contributed by atoms with Crippen LogP contribution in [-0.2, 0) is 65.4 Å². The van der Waals surface area contributed by atoms with Gasteiger partial charge in [0.15, 0.2) is 12.2 Å². The number of rotatable bonds is 78. The second-order valence-corrected chi connectivity index (χ2v) is 30.6. The lowest BCUT2D eigenvalue weighted by Gasteiger charge is -2.21. The van der Waals surface area contributed by atoms with Gasteiger partial charge in [0.1, 0.15) is 19.3 Å². The Balaban J connectivity index is 5.32. The van der Waals surface area contributed by atoms with Gasteiger partial charge in [0, 0.05) is 25.7 Å². The summed E-state index contributed by atoms with van der Waals surface area (Å²) in [7, 11) is -9.94. The van der Waals surface area contributed by atoms with Crippen LogP contribution in [0.5, 0.6) is 0 Å². The SMILES string of the molecule is CCCCC/C=C\C/C=C\C/C=C\C/C=C\CCCC(=O)OC[C@H](COP(=O)(O)OC[C@@H](O)COP(=O)(O)OC[C@@H](COC(=O)CCCCCCCCCCCCCCCCCCC)OC(=O)CCCCCCCCCCCCCCC)OC(=O)CCCCCCCCCCCCCCC. The van der Waals surface area contributed by atoms with Gasteiger partial charge in [-0.05, 0) is 64.2 Å². The van der Waals surface area contributed by atoms with Gasteiger partial charge < -0.3 is 33.8 Å². The zero-order valence-electron chi connectivity index (χ0n) is 64.1. The Morgan fingerprint density at radius 3 is 0.790 bits per heavy atom. The summed E-state index contributed by atoms with van der Waals surface area (Å²) < 4.78 is 68.6. The highest BCUT2D eigenvalue weighted by molar-refractivity contribution is 7.47. The van der Waals surface area contributed by atoms with E-state index in [1.165, 1.54) is 205 Å². The molecule has 0 radical (unpaired) electrons. The van der Waals surface area contributed by atoms with Gasteiger partial charge in [-0.15, -0.1) is 0 Å². The van der Waals surface area contributed by atoms with Crippen molar-refractivity contribution >= 4 is 39.5 Å². The van der Waals surface area contributed by atoms with Gasteiger partial charge in [0.05, 0.1) is 26.4 Å². The fourth-order valence-corrected chi connectivity index (χ4v) is 13.1. The summed E-state index contributed by atoms with van der Waals surface area (Å²) in [5.41, 5.74) is 0. The van der Waals surface area contributed by atoms with Crippen molar-refractivity contribution in [1.29, 1.82) is 0 Å². The number of hydrogen-bond donors (Lipinski definition) is 3. The van der Waals surface area contributed by atoms with Crippen LogP contribution in [-0.4, -0.2) is 96.7 Å². The number of hydrogen-bond acceptors (Lipinski definition) is 15. The van der Waals surface area contributed by atoms with E-state index in [1.54, 1.807) is 0 Å². The van der Waals surface area contributed by atoms with Gasteiger partial charge >= 0.3 is 39.5 Å². The molecule has 0 aromatic carbocycles. The number of aliphatic hydroxyl groups is 1. The van der Waals surface area contributed by atoms with Gasteiger partial charge in [0.2, 0.25) is 0 Å². The fourth-order valence-electron chi connectivity index (χ4n) is 11.6. The fraction of sp³-hybridized carbons (Fsp3) is 0.852. The lowest BCUT2D eigenvalue weighted by Crippen LogP contribution is -2.30. The molecular formula is C81H150O17P2. The van der Waals surface area contributed by atoms with Gasteiger partial charge in [-0.3, -0.25) is 37.3 Å². The minimum Gasteiger partial charge on any atom is -0.462 e. The van der Waals surface area contributed by atoms with E-state index in [0.29, 0.717) is 32.1 Å². The Kier molecular flexibility index (Phi) is 72.1. The van der Waals surface area contributed by atoms with E-state index >= 15 is 0 Å². The smallest absolute Gasteiger partial charge is 0.462 e. The largest absolute Gasteiger partial charge is 0.472 e. The Bertz CT molecular complexity index is 2080. The second kappa shape index (κ2) is 74.3. The number of esters is 4. The molecule has 0 amide bonds. The van der Waals surface area contributed by atoms with Crippen LogP contribution >= 0.6 is 15.6 Å². The first kappa shape index (κ1) is 97.0. The van der Waals surface area contributed by atoms with Gasteiger partial charge in [-0.2, -0.15) is 0 Å². The minimum absolute atomic E-state index is 0.0909. The number of allylic oxidation sites excluding steroid dienone is 8. The van der Waals surface area contributed by atoms with Crippen LogP contribution in [0.1, 0.15) is 387 Å². The maximum Gasteiger partial charge on any atom is 0.472 e. The molecule has 0 fully saturated rings. The summed E-state index contributed by atoms with van der Waals surface area (Å²) in [4.78, 5) is 73.0. The van der Waals surface area contributed by atoms with Crippen LogP contribution in [0.4, 0.5) is 0 Å². The van der Waals surface area contributed by atoms with Crippen LogP contribution < -0.4 is 0 Å². The third-order valence-electron chi connectivity index (χ3n) is 17.8. The molecule has 0 heterocycles. The van der Waals surface area contributed by atoms with Crippen molar-refractivity contribution in [2.75, 3.05) is 39.6 Å². The average molecular weight is 1460 g/mol. The first-order valence-electron chi connectivity index (χ1n) is 40.9. The molecule has 0 aliphatic rings. The normalized spacial score (nSPS) is 14.1. The van der Waals surface area contributed by atoms with E-state index in [0.717, 1.165) is 96.3 Å². The predicted molar refractivity (Wildman–Crippen MR) is 409 cm³/mol. The highest BCUT2D eigenvalue weighted by Crippen LogP contribution is 2.45. The molecule has 0 bridgehead atoms. The average Bonchev–Trinajstić information content (AvgIpc) is 0.943. The number of unbranched alkanes of at least 4 members (excludes halogenated alkanes) is 44. The molecule has 100 heavy (non-hydrogen) atoms. The number of ether oxygens (including phenoxy) is 4. The molecule has 0 aromatic heterocycles. The predicted octanol–water partition coefficient (Wildman–Crippen LogP) is 23.7. The Morgan fingerprint density at radius 2 is 0.500 bits per heavy atom. The van der Waals surface area contributed by atoms with Crippen molar-refractivity contribution in [2.45, 2.75) is 406 Å². The van der Waals surface area contributed by atoms with Gasteiger partial charge in [-0.25, -0.2) is 9.13 Å². The summed E-state index contributed by atoms with van der Waals surface area (Å²) in [6, 6.07) is 0. The van der Waals surface area contributed by atoms with Crippen molar-refractivity contribution in [2.24, 2.45) is 0 Å². The van der Waals surface area contributed by atoms with Crippen molar-refractivity contribution in [1.82, 2.24) is 0 Å². The number of carbonyl (C=O) groups is 4. The minimum atomic E-state index is -4.98. The molecule has 0 rings (SSSR count). The third kappa shape index (κ3) is 73.3. The van der Waals surface area contributed by atoms with E-state index in [-0.39, 0.29) is 25.7 Å². The molecule has 0 aromatic rings. The highest BCUT2D eigenvalue weighted by atomic mass is 31.2. The standard InChI is InChI=1S/C81H150O17P2/c1-5-9-13-17-21-25-29-33-35-37-39-43-45-49-53-57-61-65-78(83)91-71-76(97-80(85)67-63-59-55-51-47-41-31-27-23-19-15-11-7-3)73-95-99(87,88)93-69-75(82)70-94-100(89,90)96-74-77(98-81(86)68-64-60-56-52-48-42-32-28-24-20-16-12-8-4)72-92-79(84)66-62-58-54-50-46-44-40-38-36-34-30-26-22-18-14-10-6-2/h21,25,33,35,39,43,49,53,75-77,82H,5-20,22-24,26-32,34,36-38,40-42,44-48,50-52,54-74H2,1-4H3,(H,87,88)(H,89,90)/b25-21-,35-33-,43-39-,53-49-/t75-,76-,77-/m1/s1. The van der Waals surface area contributed by atoms with Crippen LogP contribution in [0.15, 0.2) is 48.6 Å². The Morgan fingerprint density at radius 1 is 0.280 bits per heavy atom. The maximum atomic E-state index is 13.1. The lowest BCUT2D eigenvalue weighted by molar-refractivity contribution is -0.161. The zero-order valence-corrected chi connectivity index (χ0v) is 65.9. The van der Waals surface area contributed by atoms with Crippen LogP contribution in [0.25, 0.3) is 0 Å². The molecule has 3 N–H and O–H groups in total. The van der Waals surface area contributed by atoms with Crippen molar-refractivity contribution in [3.05, 3.63) is 48.6 Å². The first-order valence-corrected chi connectivity index (χ1v) is 43.9. The van der Waals surface area contributed by atoms with Crippen molar-refractivity contribution < 1.29 is 80.2 Å². The molecule has 586 valence electrons.